The van der Waals surface area contributed by atoms with Crippen LogP contribution in [0, 0.1) is 5.82 Å². The number of nitrogens with one attached hydrogen (secondary N) is 1. The van der Waals surface area contributed by atoms with Gasteiger partial charge < -0.3 is 10.2 Å². The van der Waals surface area contributed by atoms with Crippen molar-refractivity contribution >= 4 is 11.6 Å². The molecule has 4 rings (SSSR count). The van der Waals surface area contributed by atoms with Crippen LogP contribution in [0.1, 0.15) is 22.8 Å². The standard InChI is InChI=1S/C25H27FN4O/c1-2-29-12-14-30(15-13-29)18-19-16-23(26)24(27-17-19)20-8-10-21(11-9-20)25(31)28-22-6-4-3-5-7-22/h3-11,16-17H,2,12-15,18H2,1H3,(H,28,31). The molecule has 0 unspecified atom stereocenters. The Morgan fingerprint density at radius 3 is 2.32 bits per heavy atom. The van der Waals surface area contributed by atoms with Gasteiger partial charge in [-0.3, -0.25) is 14.7 Å². The summed E-state index contributed by atoms with van der Waals surface area (Å²) < 4.78 is 14.8. The highest BCUT2D eigenvalue weighted by Crippen LogP contribution is 2.23. The number of benzene rings is 2. The zero-order valence-corrected chi connectivity index (χ0v) is 17.7. The number of aromatic nitrogens is 1. The second-order valence-electron chi connectivity index (χ2n) is 7.78. The van der Waals surface area contributed by atoms with Crippen LogP contribution in [0.15, 0.2) is 66.9 Å². The maximum atomic E-state index is 14.8. The normalized spacial score (nSPS) is 15.0. The van der Waals surface area contributed by atoms with Crippen LogP contribution in [0.3, 0.4) is 0 Å². The smallest absolute Gasteiger partial charge is 0.255 e. The molecule has 6 heteroatoms. The number of hydrogen-bond donors (Lipinski definition) is 1. The number of carbonyl (C=O) groups excluding carboxylic acids is 1. The summed E-state index contributed by atoms with van der Waals surface area (Å²) in [6.07, 6.45) is 1.75. The third kappa shape index (κ3) is 5.34. The summed E-state index contributed by atoms with van der Waals surface area (Å²) in [6, 6.07) is 17.7. The number of nitrogens with zero attached hydrogens (tertiary/aromatic N) is 3. The first-order valence-corrected chi connectivity index (χ1v) is 10.7. The quantitative estimate of drug-likeness (QED) is 0.649. The molecule has 0 saturated carbocycles. The first-order valence-electron chi connectivity index (χ1n) is 10.7. The fourth-order valence-corrected chi connectivity index (χ4v) is 3.80. The lowest BCUT2D eigenvalue weighted by atomic mass is 10.1. The van der Waals surface area contributed by atoms with E-state index in [1.807, 2.05) is 30.3 Å². The van der Waals surface area contributed by atoms with E-state index in [2.05, 4.69) is 27.0 Å². The number of halogens is 1. The number of likely N-dealkylation sites (N-methyl/N-ethyl adjacent to an activating group) is 1. The van der Waals surface area contributed by atoms with Gasteiger partial charge in [0.1, 0.15) is 11.5 Å². The van der Waals surface area contributed by atoms with Crippen LogP contribution in [-0.2, 0) is 6.54 Å². The number of rotatable bonds is 6. The van der Waals surface area contributed by atoms with Gasteiger partial charge in [-0.2, -0.15) is 0 Å². The molecule has 160 valence electrons. The Morgan fingerprint density at radius 1 is 1.00 bits per heavy atom. The molecular weight excluding hydrogens is 391 g/mol. The van der Waals surface area contributed by atoms with Gasteiger partial charge in [0.15, 0.2) is 0 Å². The van der Waals surface area contributed by atoms with E-state index in [1.54, 1.807) is 36.5 Å². The zero-order chi connectivity index (χ0) is 21.6. The van der Waals surface area contributed by atoms with E-state index < -0.39 is 0 Å². The summed E-state index contributed by atoms with van der Waals surface area (Å²) in [6.45, 7) is 8.04. The topological polar surface area (TPSA) is 48.5 Å². The second-order valence-corrected chi connectivity index (χ2v) is 7.78. The number of hydrogen-bond acceptors (Lipinski definition) is 4. The number of anilines is 1. The molecule has 3 aromatic rings. The summed E-state index contributed by atoms with van der Waals surface area (Å²) in [7, 11) is 0. The highest BCUT2D eigenvalue weighted by atomic mass is 19.1. The first kappa shape index (κ1) is 21.2. The predicted molar refractivity (Wildman–Crippen MR) is 121 cm³/mol. The lowest BCUT2D eigenvalue weighted by molar-refractivity contribution is 0.102. The first-order chi connectivity index (χ1) is 15.1. The minimum absolute atomic E-state index is 0.204. The Morgan fingerprint density at radius 2 is 1.68 bits per heavy atom. The van der Waals surface area contributed by atoms with E-state index >= 15 is 0 Å². The average Bonchev–Trinajstić information content (AvgIpc) is 2.80. The zero-order valence-electron chi connectivity index (χ0n) is 17.7. The molecule has 2 heterocycles. The van der Waals surface area contributed by atoms with Crippen molar-refractivity contribution in [2.24, 2.45) is 0 Å². The number of amides is 1. The van der Waals surface area contributed by atoms with E-state index in [-0.39, 0.29) is 11.7 Å². The molecule has 2 aromatic carbocycles. The molecule has 0 spiro atoms. The number of piperazine rings is 1. The number of para-hydroxylation sites is 1. The molecule has 1 aromatic heterocycles. The molecule has 1 amide bonds. The van der Waals surface area contributed by atoms with Gasteiger partial charge >= 0.3 is 0 Å². The van der Waals surface area contributed by atoms with Crippen LogP contribution >= 0.6 is 0 Å². The van der Waals surface area contributed by atoms with Crippen molar-refractivity contribution in [3.63, 3.8) is 0 Å². The fraction of sp³-hybridized carbons (Fsp3) is 0.280. The van der Waals surface area contributed by atoms with E-state index in [4.69, 9.17) is 0 Å². The van der Waals surface area contributed by atoms with Crippen LogP contribution in [0.4, 0.5) is 10.1 Å². The maximum Gasteiger partial charge on any atom is 0.255 e. The van der Waals surface area contributed by atoms with Crippen LogP contribution in [0.25, 0.3) is 11.3 Å². The summed E-state index contributed by atoms with van der Waals surface area (Å²) in [5.74, 6) is -0.545. The van der Waals surface area contributed by atoms with Gasteiger partial charge in [-0.1, -0.05) is 37.3 Å². The van der Waals surface area contributed by atoms with Crippen LogP contribution in [0.5, 0.6) is 0 Å². The van der Waals surface area contributed by atoms with Crippen molar-refractivity contribution in [2.75, 3.05) is 38.0 Å². The van der Waals surface area contributed by atoms with Crippen LogP contribution in [-0.4, -0.2) is 53.4 Å². The molecule has 5 nitrogen and oxygen atoms in total. The molecule has 1 fully saturated rings. The average molecular weight is 419 g/mol. The molecule has 0 atom stereocenters. The number of pyridine rings is 1. The Balaban J connectivity index is 1.40. The molecule has 0 aliphatic carbocycles. The largest absolute Gasteiger partial charge is 0.322 e. The Bertz CT molecular complexity index is 1020. The second kappa shape index (κ2) is 9.81. The van der Waals surface area contributed by atoms with Gasteiger partial charge in [0.2, 0.25) is 0 Å². The van der Waals surface area contributed by atoms with Gasteiger partial charge in [0.05, 0.1) is 0 Å². The van der Waals surface area contributed by atoms with Gasteiger partial charge in [-0.05, 0) is 42.4 Å². The van der Waals surface area contributed by atoms with Crippen LogP contribution < -0.4 is 5.32 Å². The highest BCUT2D eigenvalue weighted by molar-refractivity contribution is 6.04. The Hall–Kier alpha value is -3.09. The highest BCUT2D eigenvalue weighted by Gasteiger charge is 2.17. The molecule has 1 N–H and O–H groups in total. The van der Waals surface area contributed by atoms with Crippen LogP contribution in [0.2, 0.25) is 0 Å². The number of carbonyl (C=O) groups is 1. The van der Waals surface area contributed by atoms with Gasteiger partial charge in [0, 0.05) is 55.7 Å². The van der Waals surface area contributed by atoms with Crippen molar-refractivity contribution < 1.29 is 9.18 Å². The third-order valence-corrected chi connectivity index (χ3v) is 5.67. The van der Waals surface area contributed by atoms with Gasteiger partial charge in [-0.25, -0.2) is 4.39 Å². The molecular formula is C25H27FN4O. The minimum atomic E-state index is -0.341. The van der Waals surface area contributed by atoms with Crippen molar-refractivity contribution in [3.8, 4) is 11.3 Å². The molecule has 1 saturated heterocycles. The molecule has 31 heavy (non-hydrogen) atoms. The fourth-order valence-electron chi connectivity index (χ4n) is 3.80. The summed E-state index contributed by atoms with van der Waals surface area (Å²) in [4.78, 5) is 21.5. The van der Waals surface area contributed by atoms with E-state index in [9.17, 15) is 9.18 Å². The van der Waals surface area contributed by atoms with E-state index in [0.29, 0.717) is 23.4 Å². The van der Waals surface area contributed by atoms with Gasteiger partial charge in [-0.15, -0.1) is 0 Å². The van der Waals surface area contributed by atoms with E-state index in [1.165, 1.54) is 0 Å². The van der Waals surface area contributed by atoms with Crippen molar-refractivity contribution in [1.82, 2.24) is 14.8 Å². The molecule has 1 aliphatic heterocycles. The summed E-state index contributed by atoms with van der Waals surface area (Å²) in [5, 5.41) is 2.85. The van der Waals surface area contributed by atoms with Crippen molar-refractivity contribution in [2.45, 2.75) is 13.5 Å². The lowest BCUT2D eigenvalue weighted by Gasteiger charge is -2.33. The lowest BCUT2D eigenvalue weighted by Crippen LogP contribution is -2.45. The van der Waals surface area contributed by atoms with Crippen molar-refractivity contribution in [1.29, 1.82) is 0 Å². The van der Waals surface area contributed by atoms with Crippen molar-refractivity contribution in [3.05, 3.63) is 83.8 Å². The Kier molecular flexibility index (Phi) is 6.70. The molecule has 0 bridgehead atoms. The monoisotopic (exact) mass is 418 g/mol. The Labute approximate surface area is 182 Å². The van der Waals surface area contributed by atoms with E-state index in [0.717, 1.165) is 44.0 Å². The van der Waals surface area contributed by atoms with Gasteiger partial charge in [0.25, 0.3) is 5.91 Å². The SMILES string of the molecule is CCN1CCN(Cc2cnc(-c3ccc(C(=O)Nc4ccccc4)cc3)c(F)c2)CC1. The summed E-state index contributed by atoms with van der Waals surface area (Å²) in [5.41, 5.74) is 3.07. The molecule has 0 radical (unpaired) electrons. The summed E-state index contributed by atoms with van der Waals surface area (Å²) >= 11 is 0. The molecule has 1 aliphatic rings. The predicted octanol–water partition coefficient (Wildman–Crippen LogP) is 4.28. The minimum Gasteiger partial charge on any atom is -0.322 e. The maximum absolute atomic E-state index is 14.8. The third-order valence-electron chi connectivity index (χ3n) is 5.67.